The third-order valence-electron chi connectivity index (χ3n) is 3.46. The zero-order valence-electron chi connectivity index (χ0n) is 11.3. The molecule has 1 saturated carbocycles. The standard InChI is InChI=1S/C12H17N3O4S/c1-8(9-3-4-9)14-11-6-5-10(20(18,19)13-2)7-12(11)15(16)17/h5-9,13-14H,3-4H2,1-2H3/t8-/m1/s1. The Morgan fingerprint density at radius 2 is 2.05 bits per heavy atom. The number of anilines is 1. The molecule has 20 heavy (non-hydrogen) atoms. The maximum absolute atomic E-state index is 11.7. The van der Waals surface area contributed by atoms with Gasteiger partial charge in [0.2, 0.25) is 10.0 Å². The Labute approximate surface area is 117 Å². The minimum absolute atomic E-state index is 0.115. The highest BCUT2D eigenvalue weighted by Crippen LogP contribution is 2.36. The summed E-state index contributed by atoms with van der Waals surface area (Å²) in [5.41, 5.74) is 0.123. The van der Waals surface area contributed by atoms with Gasteiger partial charge in [0, 0.05) is 12.1 Å². The molecule has 0 saturated heterocycles. The summed E-state index contributed by atoms with van der Waals surface area (Å²) in [6.45, 7) is 1.97. The van der Waals surface area contributed by atoms with Crippen LogP contribution < -0.4 is 10.0 Å². The van der Waals surface area contributed by atoms with Gasteiger partial charge in [-0.3, -0.25) is 10.1 Å². The second-order valence-electron chi connectivity index (χ2n) is 4.91. The average Bonchev–Trinajstić information content (AvgIpc) is 3.23. The van der Waals surface area contributed by atoms with E-state index in [1.165, 1.54) is 19.2 Å². The van der Waals surface area contributed by atoms with Crippen molar-refractivity contribution in [1.29, 1.82) is 0 Å². The lowest BCUT2D eigenvalue weighted by atomic mass is 10.2. The van der Waals surface area contributed by atoms with Crippen molar-refractivity contribution in [2.45, 2.75) is 30.7 Å². The Bertz CT molecular complexity index is 626. The van der Waals surface area contributed by atoms with Gasteiger partial charge >= 0.3 is 0 Å². The van der Waals surface area contributed by atoms with Crippen molar-refractivity contribution in [2.75, 3.05) is 12.4 Å². The van der Waals surface area contributed by atoms with E-state index in [4.69, 9.17) is 0 Å². The van der Waals surface area contributed by atoms with Crippen LogP contribution in [0.2, 0.25) is 0 Å². The van der Waals surface area contributed by atoms with Crippen molar-refractivity contribution >= 4 is 21.4 Å². The molecule has 0 heterocycles. The first kappa shape index (κ1) is 14.7. The highest BCUT2D eigenvalue weighted by atomic mass is 32.2. The van der Waals surface area contributed by atoms with Crippen LogP contribution in [0.25, 0.3) is 0 Å². The number of sulfonamides is 1. The molecular weight excluding hydrogens is 282 g/mol. The van der Waals surface area contributed by atoms with Gasteiger partial charge in [-0.1, -0.05) is 0 Å². The quantitative estimate of drug-likeness (QED) is 0.615. The Hall–Kier alpha value is -1.67. The van der Waals surface area contributed by atoms with Gasteiger partial charge in [0.1, 0.15) is 5.69 Å². The van der Waals surface area contributed by atoms with E-state index in [9.17, 15) is 18.5 Å². The van der Waals surface area contributed by atoms with Crippen LogP contribution >= 0.6 is 0 Å². The molecule has 8 heteroatoms. The van der Waals surface area contributed by atoms with Crippen molar-refractivity contribution < 1.29 is 13.3 Å². The predicted octanol–water partition coefficient (Wildman–Crippen LogP) is 1.71. The van der Waals surface area contributed by atoms with Crippen LogP contribution in [0.1, 0.15) is 19.8 Å². The molecule has 0 amide bonds. The second kappa shape index (κ2) is 5.37. The molecule has 0 aromatic heterocycles. The second-order valence-corrected chi connectivity index (χ2v) is 6.80. The summed E-state index contributed by atoms with van der Waals surface area (Å²) in [7, 11) is -2.42. The highest BCUT2D eigenvalue weighted by molar-refractivity contribution is 7.89. The molecule has 0 aliphatic heterocycles. The van der Waals surface area contributed by atoms with E-state index in [2.05, 4.69) is 10.0 Å². The molecule has 1 aliphatic rings. The summed E-state index contributed by atoms with van der Waals surface area (Å²) < 4.78 is 25.5. The zero-order valence-corrected chi connectivity index (χ0v) is 12.1. The van der Waals surface area contributed by atoms with Gasteiger partial charge < -0.3 is 5.32 Å². The van der Waals surface area contributed by atoms with Crippen LogP contribution in [-0.4, -0.2) is 26.4 Å². The van der Waals surface area contributed by atoms with E-state index >= 15 is 0 Å². The van der Waals surface area contributed by atoms with Crippen molar-refractivity contribution in [3.8, 4) is 0 Å². The molecule has 110 valence electrons. The van der Waals surface area contributed by atoms with E-state index in [1.54, 1.807) is 0 Å². The highest BCUT2D eigenvalue weighted by Gasteiger charge is 2.29. The van der Waals surface area contributed by atoms with Crippen LogP contribution in [0.3, 0.4) is 0 Å². The Morgan fingerprint density at radius 3 is 2.55 bits per heavy atom. The number of hydrogen-bond donors (Lipinski definition) is 2. The van der Waals surface area contributed by atoms with Gasteiger partial charge in [0.05, 0.1) is 9.82 Å². The molecule has 1 aromatic carbocycles. The van der Waals surface area contributed by atoms with Crippen LogP contribution in [0.15, 0.2) is 23.1 Å². The average molecular weight is 299 g/mol. The monoisotopic (exact) mass is 299 g/mol. The molecule has 0 bridgehead atoms. The number of hydrogen-bond acceptors (Lipinski definition) is 5. The van der Waals surface area contributed by atoms with Gasteiger partial charge in [0.25, 0.3) is 5.69 Å². The zero-order chi connectivity index (χ0) is 14.9. The first-order valence-corrected chi connectivity index (χ1v) is 7.82. The Balaban J connectivity index is 2.35. The molecule has 1 aromatic rings. The summed E-state index contributed by atoms with van der Waals surface area (Å²) in [6.07, 6.45) is 2.24. The largest absolute Gasteiger partial charge is 0.377 e. The molecule has 1 fully saturated rings. The number of nitro groups is 1. The van der Waals surface area contributed by atoms with E-state index in [-0.39, 0.29) is 16.6 Å². The van der Waals surface area contributed by atoms with Crippen molar-refractivity contribution in [3.63, 3.8) is 0 Å². The van der Waals surface area contributed by atoms with Gasteiger partial charge in [-0.25, -0.2) is 13.1 Å². The lowest BCUT2D eigenvalue weighted by Gasteiger charge is -2.14. The van der Waals surface area contributed by atoms with E-state index < -0.39 is 14.9 Å². The molecule has 2 rings (SSSR count). The lowest BCUT2D eigenvalue weighted by molar-refractivity contribution is -0.384. The third kappa shape index (κ3) is 3.07. The molecule has 1 atom stereocenters. The molecule has 0 spiro atoms. The number of benzene rings is 1. The summed E-state index contributed by atoms with van der Waals surface area (Å²) in [4.78, 5) is 10.4. The topological polar surface area (TPSA) is 101 Å². The van der Waals surface area contributed by atoms with Crippen LogP contribution in [-0.2, 0) is 10.0 Å². The minimum Gasteiger partial charge on any atom is -0.377 e. The molecule has 0 unspecified atom stereocenters. The minimum atomic E-state index is -3.69. The molecular formula is C12H17N3O4S. The Kier molecular flexibility index (Phi) is 3.96. The molecule has 7 nitrogen and oxygen atoms in total. The van der Waals surface area contributed by atoms with Crippen molar-refractivity contribution in [2.24, 2.45) is 5.92 Å². The van der Waals surface area contributed by atoms with Crippen molar-refractivity contribution in [1.82, 2.24) is 4.72 Å². The predicted molar refractivity (Wildman–Crippen MR) is 75.2 cm³/mol. The maximum atomic E-state index is 11.7. The van der Waals surface area contributed by atoms with E-state index in [1.807, 2.05) is 6.92 Å². The fraction of sp³-hybridized carbons (Fsp3) is 0.500. The van der Waals surface area contributed by atoms with Gasteiger partial charge in [0.15, 0.2) is 0 Å². The van der Waals surface area contributed by atoms with Crippen LogP contribution in [0.4, 0.5) is 11.4 Å². The van der Waals surface area contributed by atoms with Crippen LogP contribution in [0, 0.1) is 16.0 Å². The summed E-state index contributed by atoms with van der Waals surface area (Å²) in [5.74, 6) is 0.537. The first-order valence-electron chi connectivity index (χ1n) is 6.33. The summed E-state index contributed by atoms with van der Waals surface area (Å²) in [5, 5.41) is 14.2. The first-order chi connectivity index (χ1) is 9.35. The molecule has 0 radical (unpaired) electrons. The maximum Gasteiger partial charge on any atom is 0.293 e. The van der Waals surface area contributed by atoms with Crippen LogP contribution in [0.5, 0.6) is 0 Å². The fourth-order valence-electron chi connectivity index (χ4n) is 2.03. The summed E-state index contributed by atoms with van der Waals surface area (Å²) >= 11 is 0. The normalized spacial score (nSPS) is 16.7. The van der Waals surface area contributed by atoms with Gasteiger partial charge in [-0.05, 0) is 44.9 Å². The van der Waals surface area contributed by atoms with E-state index in [0.29, 0.717) is 11.6 Å². The SMILES string of the molecule is CNS(=O)(=O)c1ccc(N[C@H](C)C2CC2)c([N+](=O)[O-])c1. The van der Waals surface area contributed by atoms with E-state index in [0.717, 1.165) is 18.9 Å². The number of nitrogens with one attached hydrogen (secondary N) is 2. The Morgan fingerprint density at radius 1 is 1.40 bits per heavy atom. The number of nitrogens with zero attached hydrogens (tertiary/aromatic N) is 1. The smallest absolute Gasteiger partial charge is 0.293 e. The molecule has 2 N–H and O–H groups in total. The fourth-order valence-corrected chi connectivity index (χ4v) is 2.78. The number of nitro benzene ring substituents is 1. The number of rotatable bonds is 6. The lowest BCUT2D eigenvalue weighted by Crippen LogP contribution is -2.20. The van der Waals surface area contributed by atoms with Gasteiger partial charge in [-0.2, -0.15) is 0 Å². The third-order valence-corrected chi connectivity index (χ3v) is 4.87. The summed E-state index contributed by atoms with van der Waals surface area (Å²) in [6, 6.07) is 4.02. The van der Waals surface area contributed by atoms with Gasteiger partial charge in [-0.15, -0.1) is 0 Å². The molecule has 1 aliphatic carbocycles. The van der Waals surface area contributed by atoms with Crippen molar-refractivity contribution in [3.05, 3.63) is 28.3 Å².